The number of fused-ring (bicyclic) bond motifs is 3. The zero-order valence-electron chi connectivity index (χ0n) is 18.2. The number of carbonyl (C=O) groups is 1. The van der Waals surface area contributed by atoms with Crippen molar-refractivity contribution in [2.24, 2.45) is 5.41 Å². The summed E-state index contributed by atoms with van der Waals surface area (Å²) in [5.41, 5.74) is 2.19. The normalized spacial score (nSPS) is 21.7. The number of nitriles is 1. The minimum atomic E-state index is -1.43. The van der Waals surface area contributed by atoms with Crippen LogP contribution in [0, 0.1) is 16.7 Å². The monoisotopic (exact) mass is 426 g/mol. The number of nitrogens with zero attached hydrogens (tertiary/aromatic N) is 1. The average Bonchev–Trinajstić information content (AvgIpc) is 2.91. The zero-order valence-corrected chi connectivity index (χ0v) is 18.2. The van der Waals surface area contributed by atoms with Crippen LogP contribution < -0.4 is 5.32 Å². The summed E-state index contributed by atoms with van der Waals surface area (Å²) in [6, 6.07) is 25.6. The van der Waals surface area contributed by atoms with Crippen LogP contribution in [0.15, 0.2) is 78.9 Å². The second kappa shape index (κ2) is 8.96. The third-order valence-electron chi connectivity index (χ3n) is 6.00. The molecule has 0 radical (unpaired) electrons. The van der Waals surface area contributed by atoms with Crippen molar-refractivity contribution in [3.63, 3.8) is 0 Å². The van der Waals surface area contributed by atoms with Gasteiger partial charge < -0.3 is 15.2 Å². The molecule has 0 aliphatic heterocycles. The van der Waals surface area contributed by atoms with Crippen molar-refractivity contribution in [2.75, 3.05) is 6.61 Å². The van der Waals surface area contributed by atoms with Crippen LogP contribution in [0.3, 0.4) is 0 Å². The first-order valence-electron chi connectivity index (χ1n) is 10.7. The summed E-state index contributed by atoms with van der Waals surface area (Å²) in [7, 11) is 0. The Kier molecular flexibility index (Phi) is 6.09. The minimum Gasteiger partial charge on any atom is -0.387 e. The van der Waals surface area contributed by atoms with E-state index in [-0.39, 0.29) is 18.6 Å². The molecule has 162 valence electrons. The SMILES string of the molecule is CC(C)OC[C@@]1(C#N)[C@H](O)c2ccccc2-c2ccccc2[C@H]1NC(=O)c1ccccc1. The molecule has 2 N–H and O–H groups in total. The number of ether oxygens (including phenoxy) is 1. The van der Waals surface area contributed by atoms with Gasteiger partial charge in [-0.25, -0.2) is 0 Å². The molecule has 4 rings (SSSR count). The molecule has 0 fully saturated rings. The quantitative estimate of drug-likeness (QED) is 0.614. The lowest BCUT2D eigenvalue weighted by Crippen LogP contribution is -2.46. The number of hydrogen-bond donors (Lipinski definition) is 2. The van der Waals surface area contributed by atoms with E-state index < -0.39 is 17.6 Å². The lowest BCUT2D eigenvalue weighted by atomic mass is 9.73. The first-order chi connectivity index (χ1) is 15.5. The number of carbonyl (C=O) groups excluding carboxylic acids is 1. The standard InChI is InChI=1S/C27H26N2O3/c1-18(2)32-17-27(16-28)24(29-26(31)19-10-4-3-5-11-19)22-14-8-6-12-20(22)21-13-7-9-15-23(21)25(27)30/h3-15,18,24-25,30H,17H2,1-2H3,(H,29,31)/t24-,25-,27-/m1/s1. The van der Waals surface area contributed by atoms with Gasteiger partial charge in [0.2, 0.25) is 0 Å². The number of rotatable bonds is 5. The van der Waals surface area contributed by atoms with Gasteiger partial charge in [0.15, 0.2) is 0 Å². The van der Waals surface area contributed by atoms with Crippen LogP contribution in [0.4, 0.5) is 0 Å². The van der Waals surface area contributed by atoms with E-state index in [1.807, 2.05) is 68.4 Å². The van der Waals surface area contributed by atoms with E-state index in [0.717, 1.165) is 16.7 Å². The number of hydrogen-bond acceptors (Lipinski definition) is 4. The van der Waals surface area contributed by atoms with Crippen LogP contribution >= 0.6 is 0 Å². The Balaban J connectivity index is 1.92. The molecule has 0 aromatic heterocycles. The van der Waals surface area contributed by atoms with Crippen molar-refractivity contribution in [1.82, 2.24) is 5.32 Å². The van der Waals surface area contributed by atoms with Gasteiger partial charge in [-0.15, -0.1) is 0 Å². The van der Waals surface area contributed by atoms with Gasteiger partial charge in [0.25, 0.3) is 5.91 Å². The van der Waals surface area contributed by atoms with Crippen molar-refractivity contribution in [3.05, 3.63) is 95.6 Å². The summed E-state index contributed by atoms with van der Waals surface area (Å²) < 4.78 is 5.92. The first kappa shape index (κ1) is 21.8. The lowest BCUT2D eigenvalue weighted by Gasteiger charge is -2.38. The Morgan fingerprint density at radius 2 is 1.56 bits per heavy atom. The van der Waals surface area contributed by atoms with Gasteiger partial charge in [-0.3, -0.25) is 4.79 Å². The summed E-state index contributed by atoms with van der Waals surface area (Å²) >= 11 is 0. The maximum absolute atomic E-state index is 13.2. The molecule has 5 nitrogen and oxygen atoms in total. The van der Waals surface area contributed by atoms with Crippen LogP contribution in [0.2, 0.25) is 0 Å². The Bertz CT molecular complexity index is 1150. The summed E-state index contributed by atoms with van der Waals surface area (Å²) in [4.78, 5) is 13.2. The molecular weight excluding hydrogens is 400 g/mol. The van der Waals surface area contributed by atoms with Crippen molar-refractivity contribution < 1.29 is 14.6 Å². The van der Waals surface area contributed by atoms with E-state index in [0.29, 0.717) is 11.1 Å². The van der Waals surface area contributed by atoms with Crippen LogP contribution in [0.1, 0.15) is 47.5 Å². The number of benzene rings is 3. The van der Waals surface area contributed by atoms with Gasteiger partial charge in [-0.05, 0) is 48.2 Å². The predicted octanol–water partition coefficient (Wildman–Crippen LogP) is 4.81. The number of nitrogens with one attached hydrogen (secondary N) is 1. The van der Waals surface area contributed by atoms with Crippen molar-refractivity contribution in [3.8, 4) is 17.2 Å². The molecule has 1 amide bonds. The van der Waals surface area contributed by atoms with Crippen LogP contribution in [-0.2, 0) is 4.74 Å². The van der Waals surface area contributed by atoms with E-state index in [2.05, 4.69) is 11.4 Å². The molecule has 1 aliphatic carbocycles. The molecule has 5 heteroatoms. The second-order valence-corrected chi connectivity index (χ2v) is 8.36. The molecule has 0 saturated carbocycles. The van der Waals surface area contributed by atoms with Crippen LogP contribution in [-0.4, -0.2) is 23.7 Å². The van der Waals surface area contributed by atoms with Crippen molar-refractivity contribution in [2.45, 2.75) is 32.1 Å². The van der Waals surface area contributed by atoms with E-state index in [4.69, 9.17) is 4.74 Å². The molecule has 0 saturated heterocycles. The van der Waals surface area contributed by atoms with Gasteiger partial charge in [0.1, 0.15) is 11.5 Å². The summed E-state index contributed by atoms with van der Waals surface area (Å²) in [5, 5.41) is 25.2. The zero-order chi connectivity index (χ0) is 22.7. The molecule has 1 aliphatic rings. The van der Waals surface area contributed by atoms with Crippen molar-refractivity contribution >= 4 is 5.91 Å². The largest absolute Gasteiger partial charge is 0.387 e. The van der Waals surface area contributed by atoms with E-state index in [9.17, 15) is 15.2 Å². The molecular formula is C27H26N2O3. The minimum absolute atomic E-state index is 0.0370. The Morgan fingerprint density at radius 3 is 2.19 bits per heavy atom. The molecule has 0 heterocycles. The van der Waals surface area contributed by atoms with Gasteiger partial charge >= 0.3 is 0 Å². The fourth-order valence-electron chi connectivity index (χ4n) is 4.32. The summed E-state index contributed by atoms with van der Waals surface area (Å²) in [6.45, 7) is 3.73. The predicted molar refractivity (Wildman–Crippen MR) is 123 cm³/mol. The highest BCUT2D eigenvalue weighted by atomic mass is 16.5. The Hall–Kier alpha value is -3.46. The highest BCUT2D eigenvalue weighted by Crippen LogP contribution is 2.52. The van der Waals surface area contributed by atoms with Crippen molar-refractivity contribution in [1.29, 1.82) is 5.26 Å². The van der Waals surface area contributed by atoms with E-state index in [1.165, 1.54) is 0 Å². The third-order valence-corrected chi connectivity index (χ3v) is 6.00. The average molecular weight is 427 g/mol. The van der Waals surface area contributed by atoms with Gasteiger partial charge in [0, 0.05) is 5.56 Å². The number of aliphatic hydroxyl groups is 1. The maximum atomic E-state index is 13.2. The fourth-order valence-corrected chi connectivity index (χ4v) is 4.32. The number of amides is 1. The smallest absolute Gasteiger partial charge is 0.251 e. The summed E-state index contributed by atoms with van der Waals surface area (Å²) in [5.74, 6) is -0.312. The topological polar surface area (TPSA) is 82.3 Å². The summed E-state index contributed by atoms with van der Waals surface area (Å²) in [6.07, 6.45) is -1.32. The Labute approximate surface area is 188 Å². The third kappa shape index (κ3) is 3.80. The molecule has 3 aromatic rings. The first-order valence-corrected chi connectivity index (χ1v) is 10.7. The van der Waals surface area contributed by atoms with Crippen LogP contribution in [0.5, 0.6) is 0 Å². The van der Waals surface area contributed by atoms with Gasteiger partial charge in [0.05, 0.1) is 24.8 Å². The fraction of sp³-hybridized carbons (Fsp3) is 0.259. The van der Waals surface area contributed by atoms with E-state index in [1.54, 1.807) is 24.3 Å². The van der Waals surface area contributed by atoms with E-state index >= 15 is 0 Å². The van der Waals surface area contributed by atoms with Gasteiger partial charge in [-0.2, -0.15) is 5.26 Å². The Morgan fingerprint density at radius 1 is 1.00 bits per heavy atom. The molecule has 3 aromatic carbocycles. The van der Waals surface area contributed by atoms with Gasteiger partial charge in [-0.1, -0.05) is 66.7 Å². The van der Waals surface area contributed by atoms with Crippen LogP contribution in [0.25, 0.3) is 11.1 Å². The second-order valence-electron chi connectivity index (χ2n) is 8.36. The highest BCUT2D eigenvalue weighted by molar-refractivity contribution is 5.94. The highest BCUT2D eigenvalue weighted by Gasteiger charge is 2.51. The number of aliphatic hydroxyl groups excluding tert-OH is 1. The molecule has 32 heavy (non-hydrogen) atoms. The molecule has 0 bridgehead atoms. The maximum Gasteiger partial charge on any atom is 0.251 e. The molecule has 0 spiro atoms. The molecule has 0 unspecified atom stereocenters. The molecule has 3 atom stereocenters. The lowest BCUT2D eigenvalue weighted by molar-refractivity contribution is -0.0501.